The van der Waals surface area contributed by atoms with Gasteiger partial charge in [-0.2, -0.15) is 0 Å². The van der Waals surface area contributed by atoms with Gasteiger partial charge in [-0.1, -0.05) is 11.8 Å². The summed E-state index contributed by atoms with van der Waals surface area (Å²) in [5, 5.41) is 3.91. The number of carbonyl (C=O) groups excluding carboxylic acids is 1. The quantitative estimate of drug-likeness (QED) is 0.493. The molecule has 0 saturated heterocycles. The van der Waals surface area contributed by atoms with Crippen LogP contribution in [0.2, 0.25) is 0 Å². The molecule has 1 unspecified atom stereocenters. The van der Waals surface area contributed by atoms with Crippen LogP contribution < -0.4 is 5.32 Å². The molecule has 0 aromatic carbocycles. The predicted molar refractivity (Wildman–Crippen MR) is 83.5 cm³/mol. The van der Waals surface area contributed by atoms with Gasteiger partial charge in [0.15, 0.2) is 5.16 Å². The zero-order chi connectivity index (χ0) is 15.6. The summed E-state index contributed by atoms with van der Waals surface area (Å²) >= 11 is 1.52. The number of methoxy groups -OCH3 is 1. The third kappa shape index (κ3) is 3.21. The van der Waals surface area contributed by atoms with Gasteiger partial charge in [0, 0.05) is 17.1 Å². The summed E-state index contributed by atoms with van der Waals surface area (Å²) in [6.45, 7) is 6.00. The number of nitrogens with zero attached hydrogens (tertiary/aromatic N) is 2. The van der Waals surface area contributed by atoms with Gasteiger partial charge >= 0.3 is 5.97 Å². The monoisotopic (exact) mass is 309 g/mol. The highest BCUT2D eigenvalue weighted by molar-refractivity contribution is 7.99. The van der Waals surface area contributed by atoms with Crippen molar-refractivity contribution in [3.63, 3.8) is 0 Å². The van der Waals surface area contributed by atoms with Gasteiger partial charge in [-0.25, -0.2) is 9.97 Å². The minimum Gasteiger partial charge on any atom is -0.468 e. The smallest absolute Gasteiger partial charge is 0.327 e. The number of hydrogen-bond donors (Lipinski definition) is 1. The van der Waals surface area contributed by atoms with E-state index >= 15 is 0 Å². The van der Waals surface area contributed by atoms with Crippen LogP contribution in [0.1, 0.15) is 29.8 Å². The zero-order valence-corrected chi connectivity index (χ0v) is 14.1. The minimum atomic E-state index is -0.629. The van der Waals surface area contributed by atoms with Gasteiger partial charge in [-0.3, -0.25) is 4.79 Å². The third-order valence-electron chi connectivity index (χ3n) is 4.31. The SMILES string of the molecule is CNC(CSc1nc(C)c(C)c(C)n1)(C(=O)OC)C1CC1. The molecule has 1 aliphatic rings. The molecule has 0 aliphatic heterocycles. The number of esters is 1. The number of likely N-dealkylation sites (N-methyl/N-ethyl adjacent to an activating group) is 1. The van der Waals surface area contributed by atoms with Crippen molar-refractivity contribution >= 4 is 17.7 Å². The van der Waals surface area contributed by atoms with E-state index in [4.69, 9.17) is 4.74 Å². The molecule has 0 amide bonds. The van der Waals surface area contributed by atoms with Crippen molar-refractivity contribution in [2.24, 2.45) is 5.92 Å². The summed E-state index contributed by atoms with van der Waals surface area (Å²) in [6.07, 6.45) is 2.12. The first-order valence-corrected chi connectivity index (χ1v) is 8.15. The van der Waals surface area contributed by atoms with Gasteiger partial charge in [-0.15, -0.1) is 0 Å². The molecule has 0 bridgehead atoms. The summed E-state index contributed by atoms with van der Waals surface area (Å²) < 4.78 is 5.01. The van der Waals surface area contributed by atoms with E-state index in [0.29, 0.717) is 11.7 Å². The summed E-state index contributed by atoms with van der Waals surface area (Å²) in [5.41, 5.74) is 2.47. The third-order valence-corrected chi connectivity index (χ3v) is 5.35. The lowest BCUT2D eigenvalue weighted by molar-refractivity contribution is -0.148. The standard InChI is InChI=1S/C15H23N3O2S/c1-9-10(2)17-14(18-11(9)3)21-8-15(16-4,12-6-7-12)13(19)20-5/h12,16H,6-8H2,1-5H3. The number of nitrogens with one attached hydrogen (secondary N) is 1. The lowest BCUT2D eigenvalue weighted by Gasteiger charge is -2.30. The van der Waals surface area contributed by atoms with Crippen molar-refractivity contribution in [3.8, 4) is 0 Å². The fourth-order valence-corrected chi connectivity index (χ4v) is 3.72. The number of aromatic nitrogens is 2. The maximum atomic E-state index is 12.2. The average molecular weight is 309 g/mol. The van der Waals surface area contributed by atoms with Gasteiger partial charge in [0.1, 0.15) is 5.54 Å². The normalized spacial score (nSPS) is 17.4. The first-order valence-electron chi connectivity index (χ1n) is 7.16. The molecule has 1 aromatic rings. The molecule has 21 heavy (non-hydrogen) atoms. The maximum Gasteiger partial charge on any atom is 0.327 e. The largest absolute Gasteiger partial charge is 0.468 e. The summed E-state index contributed by atoms with van der Waals surface area (Å²) in [6, 6.07) is 0. The minimum absolute atomic E-state index is 0.194. The van der Waals surface area contributed by atoms with E-state index in [0.717, 1.165) is 34.9 Å². The van der Waals surface area contributed by atoms with E-state index < -0.39 is 5.54 Å². The predicted octanol–water partition coefficient (Wildman–Crippen LogP) is 2.04. The fourth-order valence-electron chi connectivity index (χ4n) is 2.46. The number of carbonyl (C=O) groups is 1. The fraction of sp³-hybridized carbons (Fsp3) is 0.667. The van der Waals surface area contributed by atoms with Crippen molar-refractivity contribution in [2.75, 3.05) is 19.9 Å². The zero-order valence-electron chi connectivity index (χ0n) is 13.3. The van der Waals surface area contributed by atoms with E-state index in [1.54, 1.807) is 0 Å². The Bertz CT molecular complexity index is 523. The van der Waals surface area contributed by atoms with Gasteiger partial charge in [0.25, 0.3) is 0 Å². The highest BCUT2D eigenvalue weighted by Crippen LogP contribution is 2.42. The van der Waals surface area contributed by atoms with Crippen LogP contribution in [0, 0.1) is 26.7 Å². The topological polar surface area (TPSA) is 64.1 Å². The molecule has 0 radical (unpaired) electrons. The highest BCUT2D eigenvalue weighted by Gasteiger charge is 2.51. The molecule has 1 atom stereocenters. The van der Waals surface area contributed by atoms with Crippen molar-refractivity contribution < 1.29 is 9.53 Å². The average Bonchev–Trinajstić information content (AvgIpc) is 3.30. The second-order valence-corrected chi connectivity index (χ2v) is 6.52. The summed E-state index contributed by atoms with van der Waals surface area (Å²) in [5.74, 6) is 0.735. The number of aryl methyl sites for hydroxylation is 2. The van der Waals surface area contributed by atoms with Gasteiger partial charge in [0.2, 0.25) is 0 Å². The molecular formula is C15H23N3O2S. The molecule has 1 fully saturated rings. The molecule has 1 aromatic heterocycles. The Labute approximate surface area is 130 Å². The second-order valence-electron chi connectivity index (χ2n) is 5.58. The van der Waals surface area contributed by atoms with Crippen LogP contribution in [0.3, 0.4) is 0 Å². The van der Waals surface area contributed by atoms with Crippen LogP contribution in [-0.2, 0) is 9.53 Å². The van der Waals surface area contributed by atoms with Crippen LogP contribution in [0.4, 0.5) is 0 Å². The van der Waals surface area contributed by atoms with E-state index in [9.17, 15) is 4.79 Å². The van der Waals surface area contributed by atoms with E-state index in [-0.39, 0.29) is 5.97 Å². The van der Waals surface area contributed by atoms with Crippen molar-refractivity contribution in [1.82, 2.24) is 15.3 Å². The molecular weight excluding hydrogens is 286 g/mol. The van der Waals surface area contributed by atoms with Crippen LogP contribution in [-0.4, -0.2) is 41.4 Å². The molecule has 1 aliphatic carbocycles. The molecule has 0 spiro atoms. The Morgan fingerprint density at radius 2 is 1.90 bits per heavy atom. The summed E-state index contributed by atoms with van der Waals surface area (Å²) in [7, 11) is 3.26. The van der Waals surface area contributed by atoms with Crippen LogP contribution in [0.15, 0.2) is 5.16 Å². The van der Waals surface area contributed by atoms with E-state index in [1.165, 1.54) is 18.9 Å². The molecule has 6 heteroatoms. The molecule has 5 nitrogen and oxygen atoms in total. The number of ether oxygens (including phenoxy) is 1. The second kappa shape index (κ2) is 6.32. The van der Waals surface area contributed by atoms with Crippen LogP contribution in [0.5, 0.6) is 0 Å². The molecule has 116 valence electrons. The molecule has 1 N–H and O–H groups in total. The molecule has 1 saturated carbocycles. The van der Waals surface area contributed by atoms with Gasteiger partial charge in [0.05, 0.1) is 7.11 Å². The van der Waals surface area contributed by atoms with Gasteiger partial charge in [-0.05, 0) is 52.1 Å². The van der Waals surface area contributed by atoms with Crippen molar-refractivity contribution in [1.29, 1.82) is 0 Å². The Hall–Kier alpha value is -1.14. The number of thioether (sulfide) groups is 1. The van der Waals surface area contributed by atoms with Crippen molar-refractivity contribution in [2.45, 2.75) is 44.3 Å². The summed E-state index contributed by atoms with van der Waals surface area (Å²) in [4.78, 5) is 21.2. The Morgan fingerprint density at radius 3 is 2.33 bits per heavy atom. The lowest BCUT2D eigenvalue weighted by Crippen LogP contribution is -2.55. The van der Waals surface area contributed by atoms with Crippen LogP contribution in [0.25, 0.3) is 0 Å². The Kier molecular flexibility index (Phi) is 4.88. The van der Waals surface area contributed by atoms with Crippen LogP contribution >= 0.6 is 11.8 Å². The van der Waals surface area contributed by atoms with E-state index in [2.05, 4.69) is 15.3 Å². The Morgan fingerprint density at radius 1 is 1.33 bits per heavy atom. The number of rotatable bonds is 6. The molecule has 1 heterocycles. The van der Waals surface area contributed by atoms with Gasteiger partial charge < -0.3 is 10.1 Å². The number of hydrogen-bond acceptors (Lipinski definition) is 6. The first-order chi connectivity index (χ1) is 9.94. The molecule has 2 rings (SSSR count). The maximum absolute atomic E-state index is 12.2. The Balaban J connectivity index is 2.17. The highest BCUT2D eigenvalue weighted by atomic mass is 32.2. The van der Waals surface area contributed by atoms with E-state index in [1.807, 2.05) is 27.8 Å². The van der Waals surface area contributed by atoms with Crippen molar-refractivity contribution in [3.05, 3.63) is 17.0 Å². The lowest BCUT2D eigenvalue weighted by atomic mass is 9.96. The first kappa shape index (κ1) is 16.2.